The van der Waals surface area contributed by atoms with Crippen molar-refractivity contribution in [3.05, 3.63) is 47.8 Å². The summed E-state index contributed by atoms with van der Waals surface area (Å²) in [7, 11) is 3.73. The molecule has 0 radical (unpaired) electrons. The highest BCUT2D eigenvalue weighted by Crippen LogP contribution is 2.05. The second-order valence-electron chi connectivity index (χ2n) is 4.31. The zero-order valence-corrected chi connectivity index (χ0v) is 11.9. The number of benzene rings is 1. The Kier molecular flexibility index (Phi) is 6.64. The Morgan fingerprint density at radius 1 is 1.37 bits per heavy atom. The maximum atomic E-state index is 12.8. The Bertz CT molecular complexity index is 424. The molecule has 0 bridgehead atoms. The van der Waals surface area contributed by atoms with Crippen LogP contribution in [-0.4, -0.2) is 31.5 Å². The van der Waals surface area contributed by atoms with Crippen LogP contribution in [-0.2, 0) is 6.54 Å². The van der Waals surface area contributed by atoms with Gasteiger partial charge in [-0.3, -0.25) is 4.99 Å². The van der Waals surface area contributed by atoms with E-state index in [1.54, 1.807) is 19.2 Å². The van der Waals surface area contributed by atoms with Gasteiger partial charge >= 0.3 is 0 Å². The predicted octanol–water partition coefficient (Wildman–Crippen LogP) is 2.80. The molecule has 0 atom stereocenters. The van der Waals surface area contributed by atoms with Crippen LogP contribution in [0, 0.1) is 5.82 Å². The third-order valence-corrected chi connectivity index (χ3v) is 2.74. The Hall–Kier alpha value is -1.84. The molecule has 19 heavy (non-hydrogen) atoms. The van der Waals surface area contributed by atoms with Gasteiger partial charge in [0.1, 0.15) is 5.82 Å². The van der Waals surface area contributed by atoms with Gasteiger partial charge in [0.05, 0.1) is 0 Å². The molecule has 0 unspecified atom stereocenters. The molecular formula is C15H22FN3. The van der Waals surface area contributed by atoms with Crippen LogP contribution in [0.1, 0.15) is 18.9 Å². The Morgan fingerprint density at radius 2 is 2.05 bits per heavy atom. The molecule has 0 fully saturated rings. The first kappa shape index (κ1) is 15.2. The van der Waals surface area contributed by atoms with Gasteiger partial charge in [-0.05, 0) is 31.0 Å². The Labute approximate surface area is 114 Å². The number of allylic oxidation sites excluding steroid dienone is 1. The zero-order valence-electron chi connectivity index (χ0n) is 11.9. The number of hydrogen-bond acceptors (Lipinski definition) is 1. The molecule has 1 aromatic carbocycles. The first-order valence-corrected chi connectivity index (χ1v) is 6.44. The van der Waals surface area contributed by atoms with E-state index in [4.69, 9.17) is 0 Å². The van der Waals surface area contributed by atoms with Crippen LogP contribution < -0.4 is 5.32 Å². The van der Waals surface area contributed by atoms with Gasteiger partial charge in [0, 0.05) is 27.2 Å². The number of rotatable bonds is 5. The minimum atomic E-state index is -0.208. The van der Waals surface area contributed by atoms with Gasteiger partial charge in [-0.15, -0.1) is 0 Å². The van der Waals surface area contributed by atoms with Gasteiger partial charge in [-0.1, -0.05) is 24.3 Å². The first-order valence-electron chi connectivity index (χ1n) is 6.44. The summed E-state index contributed by atoms with van der Waals surface area (Å²) in [5, 5.41) is 3.29. The standard InChI is InChI=1S/C15H22FN3/c1-4-5-6-11-18-15(17-2)19(3)12-13-7-9-14(16)10-8-13/h4-5,7-10H,6,11-12H2,1-3H3,(H,17,18)/b5-4+. The first-order chi connectivity index (χ1) is 9.17. The SMILES string of the molecule is C/C=C/CCNC(=NC)N(C)Cc1ccc(F)cc1. The van der Waals surface area contributed by atoms with E-state index in [2.05, 4.69) is 16.4 Å². The molecule has 0 aliphatic carbocycles. The van der Waals surface area contributed by atoms with Crippen LogP contribution >= 0.6 is 0 Å². The molecule has 0 spiro atoms. The normalized spacial score (nSPS) is 11.9. The number of guanidine groups is 1. The van der Waals surface area contributed by atoms with Gasteiger partial charge in [0.25, 0.3) is 0 Å². The van der Waals surface area contributed by atoms with Crippen LogP contribution in [0.2, 0.25) is 0 Å². The van der Waals surface area contributed by atoms with Gasteiger partial charge in [0.15, 0.2) is 5.96 Å². The predicted molar refractivity (Wildman–Crippen MR) is 78.7 cm³/mol. The number of aliphatic imine (C=N–C) groups is 1. The summed E-state index contributed by atoms with van der Waals surface area (Å²) in [5.74, 6) is 0.633. The van der Waals surface area contributed by atoms with E-state index in [-0.39, 0.29) is 5.82 Å². The van der Waals surface area contributed by atoms with Crippen molar-refractivity contribution in [2.24, 2.45) is 4.99 Å². The summed E-state index contributed by atoms with van der Waals surface area (Å²) in [4.78, 5) is 6.25. The highest BCUT2D eigenvalue weighted by Gasteiger charge is 2.05. The smallest absolute Gasteiger partial charge is 0.193 e. The van der Waals surface area contributed by atoms with E-state index in [9.17, 15) is 4.39 Å². The lowest BCUT2D eigenvalue weighted by atomic mass is 10.2. The summed E-state index contributed by atoms with van der Waals surface area (Å²) < 4.78 is 12.8. The van der Waals surface area contributed by atoms with Crippen LogP contribution in [0.25, 0.3) is 0 Å². The lowest BCUT2D eigenvalue weighted by Gasteiger charge is -2.22. The average molecular weight is 263 g/mol. The Balaban J connectivity index is 2.49. The van der Waals surface area contributed by atoms with Crippen molar-refractivity contribution >= 4 is 5.96 Å². The average Bonchev–Trinajstić information content (AvgIpc) is 2.41. The molecule has 0 saturated heterocycles. The van der Waals surface area contributed by atoms with E-state index >= 15 is 0 Å². The third-order valence-electron chi connectivity index (χ3n) is 2.74. The van der Waals surface area contributed by atoms with Crippen molar-refractivity contribution in [3.63, 3.8) is 0 Å². The van der Waals surface area contributed by atoms with E-state index in [0.717, 1.165) is 24.5 Å². The van der Waals surface area contributed by atoms with Gasteiger partial charge in [-0.25, -0.2) is 4.39 Å². The van der Waals surface area contributed by atoms with E-state index in [1.165, 1.54) is 12.1 Å². The molecular weight excluding hydrogens is 241 g/mol. The third kappa shape index (κ3) is 5.55. The van der Waals surface area contributed by atoms with Crippen molar-refractivity contribution in [1.82, 2.24) is 10.2 Å². The fourth-order valence-corrected chi connectivity index (χ4v) is 1.76. The molecule has 0 aliphatic heterocycles. The number of hydrogen-bond donors (Lipinski definition) is 1. The molecule has 4 heteroatoms. The highest BCUT2D eigenvalue weighted by atomic mass is 19.1. The topological polar surface area (TPSA) is 27.6 Å². The van der Waals surface area contributed by atoms with Gasteiger partial charge < -0.3 is 10.2 Å². The molecule has 0 heterocycles. The Morgan fingerprint density at radius 3 is 2.63 bits per heavy atom. The lowest BCUT2D eigenvalue weighted by molar-refractivity contribution is 0.477. The highest BCUT2D eigenvalue weighted by molar-refractivity contribution is 5.79. The van der Waals surface area contributed by atoms with Gasteiger partial charge in [-0.2, -0.15) is 0 Å². The molecule has 0 aliphatic rings. The molecule has 0 aromatic heterocycles. The van der Waals surface area contributed by atoms with Crippen molar-refractivity contribution < 1.29 is 4.39 Å². The number of halogens is 1. The molecule has 1 aromatic rings. The van der Waals surface area contributed by atoms with Crippen LogP contribution in [0.5, 0.6) is 0 Å². The second kappa shape index (κ2) is 8.29. The minimum absolute atomic E-state index is 0.208. The van der Waals surface area contributed by atoms with Crippen molar-refractivity contribution in [1.29, 1.82) is 0 Å². The molecule has 3 nitrogen and oxygen atoms in total. The molecule has 1 N–H and O–H groups in total. The molecule has 104 valence electrons. The quantitative estimate of drug-likeness (QED) is 0.383. The van der Waals surface area contributed by atoms with Crippen molar-refractivity contribution in [2.45, 2.75) is 19.9 Å². The van der Waals surface area contributed by atoms with Crippen molar-refractivity contribution in [2.75, 3.05) is 20.6 Å². The van der Waals surface area contributed by atoms with Crippen LogP contribution in [0.4, 0.5) is 4.39 Å². The summed E-state index contributed by atoms with van der Waals surface area (Å²) in [6.07, 6.45) is 5.12. The molecule has 0 saturated carbocycles. The summed E-state index contributed by atoms with van der Waals surface area (Å²) in [6.45, 7) is 3.56. The maximum Gasteiger partial charge on any atom is 0.193 e. The van der Waals surface area contributed by atoms with Crippen LogP contribution in [0.15, 0.2) is 41.4 Å². The lowest BCUT2D eigenvalue weighted by Crippen LogP contribution is -2.38. The van der Waals surface area contributed by atoms with E-state index in [0.29, 0.717) is 6.54 Å². The monoisotopic (exact) mass is 263 g/mol. The fraction of sp³-hybridized carbons (Fsp3) is 0.400. The fourth-order valence-electron chi connectivity index (χ4n) is 1.76. The minimum Gasteiger partial charge on any atom is -0.356 e. The largest absolute Gasteiger partial charge is 0.356 e. The zero-order chi connectivity index (χ0) is 14.1. The van der Waals surface area contributed by atoms with Crippen molar-refractivity contribution in [3.8, 4) is 0 Å². The van der Waals surface area contributed by atoms with E-state index in [1.807, 2.05) is 24.9 Å². The summed E-state index contributed by atoms with van der Waals surface area (Å²) in [5.41, 5.74) is 1.06. The maximum absolute atomic E-state index is 12.8. The second-order valence-corrected chi connectivity index (χ2v) is 4.31. The summed E-state index contributed by atoms with van der Waals surface area (Å²) >= 11 is 0. The number of nitrogens with one attached hydrogen (secondary N) is 1. The van der Waals surface area contributed by atoms with E-state index < -0.39 is 0 Å². The van der Waals surface area contributed by atoms with Crippen LogP contribution in [0.3, 0.4) is 0 Å². The molecule has 0 amide bonds. The number of nitrogens with zero attached hydrogens (tertiary/aromatic N) is 2. The molecule has 1 rings (SSSR count). The van der Waals surface area contributed by atoms with Gasteiger partial charge in [0.2, 0.25) is 0 Å². The summed E-state index contributed by atoms with van der Waals surface area (Å²) in [6, 6.07) is 6.54.